The van der Waals surface area contributed by atoms with Gasteiger partial charge >= 0.3 is 6.09 Å². The summed E-state index contributed by atoms with van der Waals surface area (Å²) >= 11 is 5.75. The lowest BCUT2D eigenvalue weighted by atomic mass is 10.1. The zero-order valence-electron chi connectivity index (χ0n) is 17.2. The molecule has 1 atom stereocenters. The molecular weight excluding hydrogens is 418 g/mol. The van der Waals surface area contributed by atoms with Gasteiger partial charge in [-0.3, -0.25) is 4.90 Å². The van der Waals surface area contributed by atoms with Gasteiger partial charge in [-0.1, -0.05) is 11.6 Å². The molecule has 0 aromatic carbocycles. The number of ether oxygens (including phenoxy) is 1. The Balaban J connectivity index is 0.000000303. The third kappa shape index (κ3) is 9.32. The maximum atomic E-state index is 12.4. The number of rotatable bonds is 7. The minimum Gasteiger partial charge on any atom is -0.474 e. The van der Waals surface area contributed by atoms with Crippen molar-refractivity contribution in [3.05, 3.63) is 52.9 Å². The Labute approximate surface area is 179 Å². The van der Waals surface area contributed by atoms with Crippen molar-refractivity contribution in [3.8, 4) is 5.88 Å². The number of alkyl halides is 2. The molecule has 0 aliphatic heterocycles. The molecule has 0 saturated carbocycles. The normalized spacial score (nSPS) is 11.8. The van der Waals surface area contributed by atoms with Crippen LogP contribution in [-0.4, -0.2) is 51.1 Å². The maximum Gasteiger partial charge on any atom is 0.408 e. The van der Waals surface area contributed by atoms with E-state index in [0.717, 1.165) is 11.1 Å². The first-order valence-electron chi connectivity index (χ1n) is 9.15. The van der Waals surface area contributed by atoms with E-state index in [9.17, 15) is 13.6 Å². The number of hydrogen-bond acceptors (Lipinski definition) is 5. The standard InChI is InChI=1S/C11H15ClN2O2.C9H12F2N2O/c1-11(2,3)14(10(15)16)7-8-4-5-13-9(12)6-8;10-4-8(11)6-14-9-3-7(5-12)1-2-13-9/h4-6H,7H2,1-3H3,(H,15,16);1-3,8H,4-6,12H2. The van der Waals surface area contributed by atoms with Crippen LogP contribution >= 0.6 is 11.6 Å². The molecule has 10 heteroatoms. The van der Waals surface area contributed by atoms with Crippen LogP contribution in [0.2, 0.25) is 5.15 Å². The molecule has 2 aromatic heterocycles. The Bertz CT molecular complexity index is 806. The molecule has 0 fully saturated rings. The van der Waals surface area contributed by atoms with Crippen LogP contribution in [0.1, 0.15) is 31.9 Å². The first kappa shape index (κ1) is 25.5. The van der Waals surface area contributed by atoms with Crippen LogP contribution in [0.3, 0.4) is 0 Å². The minimum absolute atomic E-state index is 0.268. The van der Waals surface area contributed by atoms with Gasteiger partial charge in [-0.15, -0.1) is 0 Å². The summed E-state index contributed by atoms with van der Waals surface area (Å²) in [6, 6.07) is 6.76. The fourth-order valence-corrected chi connectivity index (χ4v) is 2.39. The molecule has 30 heavy (non-hydrogen) atoms. The first-order valence-corrected chi connectivity index (χ1v) is 9.53. The summed E-state index contributed by atoms with van der Waals surface area (Å²) in [5, 5.41) is 9.49. The lowest BCUT2D eigenvalue weighted by Crippen LogP contribution is -2.44. The van der Waals surface area contributed by atoms with E-state index < -0.39 is 24.5 Å². The van der Waals surface area contributed by atoms with Gasteiger partial charge in [0.1, 0.15) is 18.4 Å². The summed E-state index contributed by atoms with van der Waals surface area (Å²) < 4.78 is 29.1. The molecule has 3 N–H and O–H groups in total. The van der Waals surface area contributed by atoms with E-state index >= 15 is 0 Å². The Morgan fingerprint density at radius 3 is 2.43 bits per heavy atom. The highest BCUT2D eigenvalue weighted by Gasteiger charge is 2.26. The van der Waals surface area contributed by atoms with Crippen molar-refractivity contribution in [3.63, 3.8) is 0 Å². The van der Waals surface area contributed by atoms with Gasteiger partial charge in [0.15, 0.2) is 6.17 Å². The van der Waals surface area contributed by atoms with Gasteiger partial charge < -0.3 is 15.6 Å². The summed E-state index contributed by atoms with van der Waals surface area (Å²) in [5.74, 6) is 0.268. The molecule has 166 valence electrons. The van der Waals surface area contributed by atoms with Crippen molar-refractivity contribution in [2.24, 2.45) is 5.73 Å². The zero-order valence-corrected chi connectivity index (χ0v) is 17.9. The van der Waals surface area contributed by atoms with E-state index in [2.05, 4.69) is 9.97 Å². The van der Waals surface area contributed by atoms with Crippen LogP contribution < -0.4 is 10.5 Å². The predicted molar refractivity (Wildman–Crippen MR) is 111 cm³/mol. The van der Waals surface area contributed by atoms with Gasteiger partial charge in [0.2, 0.25) is 5.88 Å². The van der Waals surface area contributed by atoms with Crippen LogP contribution in [0.15, 0.2) is 36.7 Å². The Morgan fingerprint density at radius 2 is 1.90 bits per heavy atom. The zero-order chi connectivity index (χ0) is 22.7. The molecular formula is C20H27ClF2N4O3. The maximum absolute atomic E-state index is 12.4. The molecule has 0 bridgehead atoms. The van der Waals surface area contributed by atoms with Crippen molar-refractivity contribution in [2.45, 2.75) is 45.6 Å². The fraction of sp³-hybridized carbons (Fsp3) is 0.450. The fourth-order valence-electron chi connectivity index (χ4n) is 2.19. The number of carbonyl (C=O) groups is 1. The summed E-state index contributed by atoms with van der Waals surface area (Å²) in [7, 11) is 0. The number of nitrogens with two attached hydrogens (primary N) is 1. The summed E-state index contributed by atoms with van der Waals surface area (Å²) in [6.07, 6.45) is 0.541. The summed E-state index contributed by atoms with van der Waals surface area (Å²) in [5.41, 5.74) is 6.61. The van der Waals surface area contributed by atoms with E-state index in [4.69, 9.17) is 27.2 Å². The van der Waals surface area contributed by atoms with Crippen molar-refractivity contribution in [2.75, 3.05) is 13.3 Å². The smallest absolute Gasteiger partial charge is 0.408 e. The second-order valence-corrected chi connectivity index (χ2v) is 7.68. The van der Waals surface area contributed by atoms with E-state index in [1.807, 2.05) is 20.8 Å². The number of pyridine rings is 2. The first-order chi connectivity index (χ1) is 14.1. The van der Waals surface area contributed by atoms with Crippen LogP contribution in [0.25, 0.3) is 0 Å². The van der Waals surface area contributed by atoms with Gasteiger partial charge in [0, 0.05) is 37.1 Å². The van der Waals surface area contributed by atoms with Crippen molar-refractivity contribution in [1.29, 1.82) is 0 Å². The molecule has 0 radical (unpaired) electrons. The number of halogens is 3. The summed E-state index contributed by atoms with van der Waals surface area (Å²) in [4.78, 5) is 20.2. The molecule has 0 aliphatic rings. The highest BCUT2D eigenvalue weighted by atomic mass is 35.5. The molecule has 0 saturated heterocycles. The Hall–Kier alpha value is -2.52. The Kier molecular flexibility index (Phi) is 10.4. The van der Waals surface area contributed by atoms with Crippen LogP contribution in [0.4, 0.5) is 13.6 Å². The Morgan fingerprint density at radius 1 is 1.27 bits per heavy atom. The molecule has 2 heterocycles. The van der Waals surface area contributed by atoms with Crippen LogP contribution in [0, 0.1) is 0 Å². The number of hydrogen-bond donors (Lipinski definition) is 2. The monoisotopic (exact) mass is 444 g/mol. The van der Waals surface area contributed by atoms with Gasteiger partial charge in [-0.25, -0.2) is 23.5 Å². The lowest BCUT2D eigenvalue weighted by Gasteiger charge is -2.33. The van der Waals surface area contributed by atoms with Crippen molar-refractivity contribution in [1.82, 2.24) is 14.9 Å². The van der Waals surface area contributed by atoms with E-state index in [-0.39, 0.29) is 12.5 Å². The molecule has 0 spiro atoms. The van der Waals surface area contributed by atoms with Crippen molar-refractivity contribution >= 4 is 17.7 Å². The van der Waals surface area contributed by atoms with Crippen molar-refractivity contribution < 1.29 is 23.4 Å². The highest BCUT2D eigenvalue weighted by Crippen LogP contribution is 2.18. The highest BCUT2D eigenvalue weighted by molar-refractivity contribution is 6.29. The predicted octanol–water partition coefficient (Wildman–Crippen LogP) is 4.24. The average Bonchev–Trinajstić information content (AvgIpc) is 2.70. The SMILES string of the molecule is CC(C)(C)N(Cc1ccnc(Cl)c1)C(=O)O.NCc1ccnc(OCC(F)CF)c1. The number of nitrogens with zero attached hydrogens (tertiary/aromatic N) is 3. The molecule has 1 unspecified atom stereocenters. The summed E-state index contributed by atoms with van der Waals surface area (Å²) in [6.45, 7) is 4.86. The molecule has 2 rings (SSSR count). The molecule has 0 aliphatic carbocycles. The molecule has 2 aromatic rings. The molecule has 7 nitrogen and oxygen atoms in total. The van der Waals surface area contributed by atoms with Crippen LogP contribution in [0.5, 0.6) is 5.88 Å². The van der Waals surface area contributed by atoms with Gasteiger partial charge in [-0.05, 0) is 50.1 Å². The van der Waals surface area contributed by atoms with E-state index in [1.54, 1.807) is 30.5 Å². The number of carboxylic acid groups (broad SMARTS) is 1. The average molecular weight is 445 g/mol. The third-order valence-electron chi connectivity index (χ3n) is 3.79. The third-order valence-corrected chi connectivity index (χ3v) is 3.99. The van der Waals surface area contributed by atoms with Crippen LogP contribution in [-0.2, 0) is 13.1 Å². The van der Waals surface area contributed by atoms with E-state index in [0.29, 0.717) is 18.2 Å². The largest absolute Gasteiger partial charge is 0.474 e. The second-order valence-electron chi connectivity index (χ2n) is 7.30. The number of aromatic nitrogens is 2. The molecule has 1 amide bonds. The van der Waals surface area contributed by atoms with Gasteiger partial charge in [-0.2, -0.15) is 0 Å². The quantitative estimate of drug-likeness (QED) is 0.619. The topological polar surface area (TPSA) is 102 Å². The second kappa shape index (κ2) is 12.2. The lowest BCUT2D eigenvalue weighted by molar-refractivity contribution is 0.0955. The number of amides is 1. The van der Waals surface area contributed by atoms with E-state index in [1.165, 1.54) is 11.1 Å². The minimum atomic E-state index is -1.60. The van der Waals surface area contributed by atoms with Gasteiger partial charge in [0.05, 0.1) is 0 Å². The van der Waals surface area contributed by atoms with Gasteiger partial charge in [0.25, 0.3) is 0 Å².